The first-order valence-electron chi connectivity index (χ1n) is 9.14. The number of ether oxygens (including phenoxy) is 1. The van der Waals surface area contributed by atoms with E-state index in [4.69, 9.17) is 4.74 Å². The van der Waals surface area contributed by atoms with Crippen molar-refractivity contribution in [1.29, 1.82) is 0 Å². The van der Waals surface area contributed by atoms with E-state index in [1.165, 1.54) is 18.2 Å². The fourth-order valence-electron chi connectivity index (χ4n) is 2.94. The van der Waals surface area contributed by atoms with E-state index in [1.807, 2.05) is 6.92 Å². The van der Waals surface area contributed by atoms with Crippen molar-refractivity contribution in [2.75, 3.05) is 6.61 Å². The van der Waals surface area contributed by atoms with E-state index in [1.54, 1.807) is 18.2 Å². The first kappa shape index (κ1) is 19.3. The summed E-state index contributed by atoms with van der Waals surface area (Å²) < 4.78 is 5.83. The highest BCUT2D eigenvalue weighted by Crippen LogP contribution is 2.35. The maximum absolute atomic E-state index is 12.8. The van der Waals surface area contributed by atoms with E-state index in [2.05, 4.69) is 20.6 Å². The highest BCUT2D eigenvalue weighted by atomic mass is 16.5. The lowest BCUT2D eigenvalue weighted by molar-refractivity contribution is 0.103. The number of carbonyl (C=O) groups excluding carboxylic acids is 1. The van der Waals surface area contributed by atoms with Crippen LogP contribution in [-0.2, 0) is 12.8 Å². The average Bonchev–Trinajstić information content (AvgIpc) is 3.21. The van der Waals surface area contributed by atoms with Gasteiger partial charge in [0.2, 0.25) is 0 Å². The Kier molecular flexibility index (Phi) is 6.21. The second kappa shape index (κ2) is 8.98. The van der Waals surface area contributed by atoms with Gasteiger partial charge in [0.25, 0.3) is 0 Å². The summed E-state index contributed by atoms with van der Waals surface area (Å²) in [4.78, 5) is 12.8. The lowest BCUT2D eigenvalue weighted by Gasteiger charge is -2.15. The van der Waals surface area contributed by atoms with Crippen LogP contribution in [0.2, 0.25) is 0 Å². The molecule has 3 rings (SSSR count). The van der Waals surface area contributed by atoms with Gasteiger partial charge >= 0.3 is 0 Å². The minimum Gasteiger partial charge on any atom is -0.507 e. The number of benzene rings is 2. The largest absolute Gasteiger partial charge is 0.507 e. The first-order chi connectivity index (χ1) is 13.6. The molecule has 0 saturated carbocycles. The van der Waals surface area contributed by atoms with E-state index >= 15 is 0 Å². The molecule has 8 nitrogen and oxygen atoms in total. The zero-order chi connectivity index (χ0) is 19.9. The summed E-state index contributed by atoms with van der Waals surface area (Å²) in [6.45, 7) is 2.40. The molecule has 1 aromatic heterocycles. The van der Waals surface area contributed by atoms with E-state index in [-0.39, 0.29) is 22.6 Å². The predicted octanol–water partition coefficient (Wildman–Crippen LogP) is 2.81. The number of phenolic OH excluding ortho intramolecular Hbond substituents is 2. The van der Waals surface area contributed by atoms with Crippen molar-refractivity contribution in [2.24, 2.45) is 0 Å². The number of nitrogens with one attached hydrogen (secondary N) is 1. The molecule has 0 aliphatic rings. The maximum Gasteiger partial charge on any atom is 0.200 e. The Labute approximate surface area is 162 Å². The molecule has 8 heteroatoms. The van der Waals surface area contributed by atoms with Gasteiger partial charge in [-0.3, -0.25) is 4.79 Å². The number of aryl methyl sites for hydroxylation is 1. The Morgan fingerprint density at radius 2 is 1.93 bits per heavy atom. The molecule has 0 bridgehead atoms. The fourth-order valence-corrected chi connectivity index (χ4v) is 2.94. The van der Waals surface area contributed by atoms with Crippen LogP contribution in [0.15, 0.2) is 36.4 Å². The predicted molar refractivity (Wildman–Crippen MR) is 102 cm³/mol. The van der Waals surface area contributed by atoms with Gasteiger partial charge in [-0.2, -0.15) is 5.21 Å². The highest BCUT2D eigenvalue weighted by molar-refractivity contribution is 6.12. The van der Waals surface area contributed by atoms with Gasteiger partial charge in [-0.1, -0.05) is 30.7 Å². The maximum atomic E-state index is 12.8. The number of carbonyl (C=O) groups is 1. The fraction of sp³-hybridized carbons (Fsp3) is 0.300. The number of hydrogen-bond acceptors (Lipinski definition) is 7. The lowest BCUT2D eigenvalue weighted by atomic mass is 9.97. The molecule has 0 atom stereocenters. The molecule has 0 saturated heterocycles. The molecular weight excluding hydrogens is 360 g/mol. The number of aromatic hydroxyl groups is 2. The summed E-state index contributed by atoms with van der Waals surface area (Å²) in [5.74, 6) is 0.498. The van der Waals surface area contributed by atoms with Crippen LogP contribution in [0.4, 0.5) is 0 Å². The second-order valence-corrected chi connectivity index (χ2v) is 6.31. The smallest absolute Gasteiger partial charge is 0.200 e. The van der Waals surface area contributed by atoms with E-state index < -0.39 is 5.78 Å². The van der Waals surface area contributed by atoms with Crippen LogP contribution in [0.1, 0.15) is 47.1 Å². The number of nitrogens with zero attached hydrogens (tertiary/aromatic N) is 3. The SMILES string of the molecule is CCCc1c(OCCCc2nn[nH]n2)ccc(C(=O)c2ccccc2O)c1O. The Balaban J connectivity index is 1.78. The van der Waals surface area contributed by atoms with E-state index in [0.29, 0.717) is 43.0 Å². The van der Waals surface area contributed by atoms with Gasteiger partial charge in [-0.15, -0.1) is 10.2 Å². The Bertz CT molecular complexity index is 941. The number of rotatable bonds is 9. The number of phenols is 2. The van der Waals surface area contributed by atoms with Crippen molar-refractivity contribution < 1.29 is 19.7 Å². The molecule has 0 amide bonds. The Morgan fingerprint density at radius 3 is 2.64 bits per heavy atom. The summed E-state index contributed by atoms with van der Waals surface area (Å²) in [5, 5.41) is 34.3. The van der Waals surface area contributed by atoms with Crippen LogP contribution in [0.25, 0.3) is 0 Å². The normalized spacial score (nSPS) is 10.8. The van der Waals surface area contributed by atoms with Crippen molar-refractivity contribution >= 4 is 5.78 Å². The van der Waals surface area contributed by atoms with Crippen molar-refractivity contribution in [2.45, 2.75) is 32.6 Å². The number of ketones is 1. The van der Waals surface area contributed by atoms with Crippen molar-refractivity contribution in [1.82, 2.24) is 20.6 Å². The van der Waals surface area contributed by atoms with Gasteiger partial charge in [0.15, 0.2) is 11.6 Å². The minimum atomic E-state index is -0.434. The molecule has 0 aliphatic carbocycles. The zero-order valence-electron chi connectivity index (χ0n) is 15.6. The molecule has 0 unspecified atom stereocenters. The van der Waals surface area contributed by atoms with E-state index in [0.717, 1.165) is 6.42 Å². The summed E-state index contributed by atoms with van der Waals surface area (Å²) in [7, 11) is 0. The molecule has 0 radical (unpaired) electrons. The summed E-state index contributed by atoms with van der Waals surface area (Å²) >= 11 is 0. The third kappa shape index (κ3) is 4.28. The molecule has 3 N–H and O–H groups in total. The van der Waals surface area contributed by atoms with Crippen molar-refractivity contribution in [3.05, 3.63) is 58.9 Å². The third-order valence-corrected chi connectivity index (χ3v) is 4.32. The number of aromatic amines is 1. The molecule has 1 heterocycles. The average molecular weight is 382 g/mol. The van der Waals surface area contributed by atoms with E-state index in [9.17, 15) is 15.0 Å². The van der Waals surface area contributed by atoms with Gasteiger partial charge in [-0.25, -0.2) is 0 Å². The quantitative estimate of drug-likeness (QED) is 0.384. The van der Waals surface area contributed by atoms with Crippen molar-refractivity contribution in [3.63, 3.8) is 0 Å². The standard InChI is InChI=1S/C20H22N4O4/c1-2-6-14-17(28-12-5-9-18-21-23-24-22-18)11-10-15(20(14)27)19(26)13-7-3-4-8-16(13)25/h3-4,7-8,10-11,25,27H,2,5-6,9,12H2,1H3,(H,21,22,23,24). The van der Waals surface area contributed by atoms with Gasteiger partial charge in [-0.05, 0) is 37.1 Å². The molecule has 146 valence electrons. The summed E-state index contributed by atoms with van der Waals surface area (Å²) in [6.07, 6.45) is 2.65. The molecule has 2 aromatic carbocycles. The third-order valence-electron chi connectivity index (χ3n) is 4.32. The molecule has 0 aliphatic heterocycles. The number of aromatic nitrogens is 4. The van der Waals surface area contributed by atoms with Crippen LogP contribution in [0.5, 0.6) is 17.2 Å². The van der Waals surface area contributed by atoms with Crippen LogP contribution in [-0.4, -0.2) is 43.2 Å². The van der Waals surface area contributed by atoms with Crippen LogP contribution < -0.4 is 4.74 Å². The number of para-hydroxylation sites is 1. The summed E-state index contributed by atoms with van der Waals surface area (Å²) in [6, 6.07) is 9.49. The van der Waals surface area contributed by atoms with Gasteiger partial charge in [0.1, 0.15) is 17.2 Å². The first-order valence-corrected chi connectivity index (χ1v) is 9.14. The molecule has 28 heavy (non-hydrogen) atoms. The topological polar surface area (TPSA) is 121 Å². The van der Waals surface area contributed by atoms with Crippen LogP contribution in [0.3, 0.4) is 0 Å². The number of hydrogen-bond donors (Lipinski definition) is 3. The van der Waals surface area contributed by atoms with Crippen LogP contribution in [0, 0.1) is 0 Å². The second-order valence-electron chi connectivity index (χ2n) is 6.31. The van der Waals surface area contributed by atoms with Gasteiger partial charge in [0, 0.05) is 12.0 Å². The Hall–Kier alpha value is -3.42. The summed E-state index contributed by atoms with van der Waals surface area (Å²) in [5.41, 5.74) is 0.876. The zero-order valence-corrected chi connectivity index (χ0v) is 15.6. The number of tetrazole rings is 1. The molecule has 3 aromatic rings. The molecule has 0 fully saturated rings. The van der Waals surface area contributed by atoms with Crippen molar-refractivity contribution in [3.8, 4) is 17.2 Å². The number of H-pyrrole nitrogens is 1. The highest BCUT2D eigenvalue weighted by Gasteiger charge is 2.21. The molecule has 0 spiro atoms. The Morgan fingerprint density at radius 1 is 1.11 bits per heavy atom. The van der Waals surface area contributed by atoms with Gasteiger partial charge < -0.3 is 14.9 Å². The monoisotopic (exact) mass is 382 g/mol. The van der Waals surface area contributed by atoms with Crippen LogP contribution >= 0.6 is 0 Å². The minimum absolute atomic E-state index is 0.106. The molecular formula is C20H22N4O4. The van der Waals surface area contributed by atoms with Gasteiger partial charge in [0.05, 0.1) is 17.7 Å². The lowest BCUT2D eigenvalue weighted by Crippen LogP contribution is -2.07.